The van der Waals surface area contributed by atoms with Crippen molar-refractivity contribution in [3.05, 3.63) is 30.2 Å². The lowest BCUT2D eigenvalue weighted by Gasteiger charge is -2.25. The monoisotopic (exact) mass is 277 g/mol. The summed E-state index contributed by atoms with van der Waals surface area (Å²) >= 11 is 0. The lowest BCUT2D eigenvalue weighted by molar-refractivity contribution is 0.0531. The summed E-state index contributed by atoms with van der Waals surface area (Å²) in [6.07, 6.45) is 3.34. The van der Waals surface area contributed by atoms with Gasteiger partial charge in [-0.3, -0.25) is 0 Å². The standard InChI is InChI=1S/C13H19N5O2/c1-13(2,20)9-17(3)12(19)15-8-10-4-6-14-11-5-7-16-18(10)11/h4-7,20H,8-9H2,1-3H3,(H,15,19). The molecular weight excluding hydrogens is 258 g/mol. The van der Waals surface area contributed by atoms with E-state index in [9.17, 15) is 9.90 Å². The predicted molar refractivity (Wildman–Crippen MR) is 74.2 cm³/mol. The fourth-order valence-corrected chi connectivity index (χ4v) is 1.97. The van der Waals surface area contributed by atoms with Crippen molar-refractivity contribution in [3.63, 3.8) is 0 Å². The maximum Gasteiger partial charge on any atom is 0.317 e. The smallest absolute Gasteiger partial charge is 0.317 e. The van der Waals surface area contributed by atoms with Crippen molar-refractivity contribution in [1.82, 2.24) is 24.8 Å². The third kappa shape index (κ3) is 3.45. The Kier molecular flexibility index (Phi) is 3.89. The Balaban J connectivity index is 1.98. The van der Waals surface area contributed by atoms with Crippen LogP contribution in [0.5, 0.6) is 0 Å². The number of amides is 2. The van der Waals surface area contributed by atoms with Gasteiger partial charge in [-0.2, -0.15) is 5.10 Å². The van der Waals surface area contributed by atoms with Gasteiger partial charge in [-0.1, -0.05) is 0 Å². The highest BCUT2D eigenvalue weighted by Gasteiger charge is 2.19. The Labute approximate surface area is 117 Å². The van der Waals surface area contributed by atoms with E-state index in [1.807, 2.05) is 0 Å². The molecule has 108 valence electrons. The lowest BCUT2D eigenvalue weighted by atomic mass is 10.1. The van der Waals surface area contributed by atoms with E-state index in [2.05, 4.69) is 15.4 Å². The Morgan fingerprint density at radius 2 is 2.20 bits per heavy atom. The van der Waals surface area contributed by atoms with Crippen LogP contribution < -0.4 is 5.32 Å². The Morgan fingerprint density at radius 3 is 2.90 bits per heavy atom. The molecule has 2 aromatic heterocycles. The first-order chi connectivity index (χ1) is 9.37. The molecule has 2 N–H and O–H groups in total. The van der Waals surface area contributed by atoms with Gasteiger partial charge >= 0.3 is 6.03 Å². The molecule has 0 spiro atoms. The summed E-state index contributed by atoms with van der Waals surface area (Å²) in [5, 5.41) is 16.6. The van der Waals surface area contributed by atoms with Crippen LogP contribution >= 0.6 is 0 Å². The largest absolute Gasteiger partial charge is 0.389 e. The van der Waals surface area contributed by atoms with E-state index >= 15 is 0 Å². The molecule has 0 aliphatic rings. The number of nitrogens with one attached hydrogen (secondary N) is 1. The summed E-state index contributed by atoms with van der Waals surface area (Å²) in [6, 6.07) is 3.35. The van der Waals surface area contributed by atoms with Crippen LogP contribution in [0, 0.1) is 0 Å². The zero-order valence-electron chi connectivity index (χ0n) is 11.9. The number of aromatic nitrogens is 3. The average Bonchev–Trinajstić information content (AvgIpc) is 2.82. The van der Waals surface area contributed by atoms with Crippen molar-refractivity contribution < 1.29 is 9.90 Å². The average molecular weight is 277 g/mol. The lowest BCUT2D eigenvalue weighted by Crippen LogP contribution is -2.44. The number of carbonyl (C=O) groups is 1. The first kappa shape index (κ1) is 14.3. The van der Waals surface area contributed by atoms with E-state index in [4.69, 9.17) is 0 Å². The van der Waals surface area contributed by atoms with E-state index in [-0.39, 0.29) is 12.6 Å². The van der Waals surface area contributed by atoms with Crippen molar-refractivity contribution in [2.24, 2.45) is 0 Å². The van der Waals surface area contributed by atoms with Crippen LogP contribution in [-0.4, -0.2) is 49.8 Å². The van der Waals surface area contributed by atoms with Gasteiger partial charge in [0.15, 0.2) is 5.65 Å². The zero-order valence-corrected chi connectivity index (χ0v) is 11.9. The van der Waals surface area contributed by atoms with Gasteiger partial charge in [0, 0.05) is 19.3 Å². The molecule has 0 aromatic carbocycles. The van der Waals surface area contributed by atoms with Crippen molar-refractivity contribution in [3.8, 4) is 0 Å². The van der Waals surface area contributed by atoms with Crippen molar-refractivity contribution in [2.45, 2.75) is 26.0 Å². The molecule has 0 saturated heterocycles. The number of urea groups is 1. The first-order valence-corrected chi connectivity index (χ1v) is 6.36. The van der Waals surface area contributed by atoms with Crippen LogP contribution in [0.15, 0.2) is 24.5 Å². The van der Waals surface area contributed by atoms with E-state index in [0.717, 1.165) is 11.3 Å². The molecular formula is C13H19N5O2. The molecule has 7 nitrogen and oxygen atoms in total. The normalized spacial score (nSPS) is 11.6. The van der Waals surface area contributed by atoms with Gasteiger partial charge in [-0.05, 0) is 19.9 Å². The Bertz CT molecular complexity index is 602. The second-order valence-corrected chi connectivity index (χ2v) is 5.36. The van der Waals surface area contributed by atoms with Gasteiger partial charge in [0.25, 0.3) is 0 Å². The third-order valence-electron chi connectivity index (χ3n) is 2.76. The fraction of sp³-hybridized carbons (Fsp3) is 0.462. The van der Waals surface area contributed by atoms with E-state index in [0.29, 0.717) is 6.54 Å². The van der Waals surface area contributed by atoms with E-state index in [1.165, 1.54) is 4.90 Å². The number of nitrogens with zero attached hydrogens (tertiary/aromatic N) is 4. The van der Waals surface area contributed by atoms with Gasteiger partial charge < -0.3 is 15.3 Å². The van der Waals surface area contributed by atoms with Crippen LogP contribution in [-0.2, 0) is 6.54 Å². The van der Waals surface area contributed by atoms with Gasteiger partial charge in [0.1, 0.15) is 0 Å². The van der Waals surface area contributed by atoms with Gasteiger partial charge in [-0.25, -0.2) is 14.3 Å². The van der Waals surface area contributed by atoms with Crippen molar-refractivity contribution in [2.75, 3.05) is 13.6 Å². The minimum Gasteiger partial charge on any atom is -0.389 e. The number of rotatable bonds is 4. The van der Waals surface area contributed by atoms with Crippen molar-refractivity contribution in [1.29, 1.82) is 0 Å². The molecule has 0 atom stereocenters. The molecule has 0 radical (unpaired) electrons. The number of hydrogen-bond acceptors (Lipinski definition) is 4. The van der Waals surface area contributed by atoms with Crippen LogP contribution in [0.25, 0.3) is 5.65 Å². The molecule has 2 amide bonds. The Hall–Kier alpha value is -2.15. The molecule has 0 fully saturated rings. The predicted octanol–water partition coefficient (Wildman–Crippen LogP) is 0.642. The maximum absolute atomic E-state index is 11.9. The fourth-order valence-electron chi connectivity index (χ4n) is 1.97. The summed E-state index contributed by atoms with van der Waals surface area (Å²) in [5.41, 5.74) is 0.657. The van der Waals surface area contributed by atoms with Crippen LogP contribution in [0.3, 0.4) is 0 Å². The number of aliphatic hydroxyl groups is 1. The molecule has 7 heteroatoms. The summed E-state index contributed by atoms with van der Waals surface area (Å²) in [5.74, 6) is 0. The molecule has 0 aliphatic heterocycles. The minimum atomic E-state index is -0.919. The molecule has 2 aromatic rings. The Morgan fingerprint density at radius 1 is 1.45 bits per heavy atom. The SMILES string of the molecule is CN(CC(C)(C)O)C(=O)NCc1ccnc2ccnn12. The van der Waals surface area contributed by atoms with Gasteiger partial charge in [-0.15, -0.1) is 0 Å². The molecule has 0 bridgehead atoms. The van der Waals surface area contributed by atoms with Crippen LogP contribution in [0.4, 0.5) is 4.79 Å². The van der Waals surface area contributed by atoms with E-state index < -0.39 is 5.60 Å². The van der Waals surface area contributed by atoms with E-state index in [1.54, 1.807) is 49.9 Å². The topological polar surface area (TPSA) is 82.8 Å². The highest BCUT2D eigenvalue weighted by atomic mass is 16.3. The number of hydrogen-bond donors (Lipinski definition) is 2. The third-order valence-corrected chi connectivity index (χ3v) is 2.76. The quantitative estimate of drug-likeness (QED) is 0.859. The van der Waals surface area contributed by atoms with Crippen molar-refractivity contribution >= 4 is 11.7 Å². The summed E-state index contributed by atoms with van der Waals surface area (Å²) in [4.78, 5) is 17.5. The number of likely N-dealkylation sites (N-methyl/N-ethyl adjacent to an activating group) is 1. The maximum atomic E-state index is 11.9. The molecule has 2 heterocycles. The number of carbonyl (C=O) groups excluding carboxylic acids is 1. The molecule has 2 rings (SSSR count). The zero-order chi connectivity index (χ0) is 14.8. The molecule has 0 saturated carbocycles. The molecule has 20 heavy (non-hydrogen) atoms. The highest BCUT2D eigenvalue weighted by Crippen LogP contribution is 2.05. The second kappa shape index (κ2) is 5.46. The van der Waals surface area contributed by atoms with Crippen LogP contribution in [0.2, 0.25) is 0 Å². The number of fused-ring (bicyclic) bond motifs is 1. The van der Waals surface area contributed by atoms with Crippen LogP contribution in [0.1, 0.15) is 19.5 Å². The summed E-state index contributed by atoms with van der Waals surface area (Å²) in [7, 11) is 1.64. The van der Waals surface area contributed by atoms with Gasteiger partial charge in [0.05, 0.1) is 30.6 Å². The second-order valence-electron chi connectivity index (χ2n) is 5.36. The first-order valence-electron chi connectivity index (χ1n) is 6.36. The molecule has 0 aliphatic carbocycles. The minimum absolute atomic E-state index is 0.246. The van der Waals surface area contributed by atoms with Gasteiger partial charge in [0.2, 0.25) is 0 Å². The summed E-state index contributed by atoms with van der Waals surface area (Å²) in [6.45, 7) is 3.92. The molecule has 0 unspecified atom stereocenters. The summed E-state index contributed by atoms with van der Waals surface area (Å²) < 4.78 is 1.68. The highest BCUT2D eigenvalue weighted by molar-refractivity contribution is 5.73.